The predicted molar refractivity (Wildman–Crippen MR) is 130 cm³/mol. The summed E-state index contributed by atoms with van der Waals surface area (Å²) >= 11 is 0. The highest BCUT2D eigenvalue weighted by Crippen LogP contribution is 2.33. The number of ether oxygens (including phenoxy) is 1. The van der Waals surface area contributed by atoms with Crippen LogP contribution in [-0.4, -0.2) is 80.1 Å². The number of carbonyl (C=O) groups is 1. The van der Waals surface area contributed by atoms with E-state index in [1.807, 2.05) is 56.3 Å². The van der Waals surface area contributed by atoms with Crippen molar-refractivity contribution in [3.63, 3.8) is 0 Å². The van der Waals surface area contributed by atoms with Gasteiger partial charge in [0.1, 0.15) is 5.75 Å². The molecule has 170 valence electrons. The van der Waals surface area contributed by atoms with Gasteiger partial charge in [-0.1, -0.05) is 6.07 Å². The number of rotatable bonds is 10. The van der Waals surface area contributed by atoms with Gasteiger partial charge >= 0.3 is 0 Å². The standard InChI is InChI=1S/C24H32N6O2/c1-6-30(12-11-29(3)4)23(31)16-27-22-14-18(21-9-10-26-24(25-2)28-21)13-17-7-8-19(32-5)15-20(17)22/h7-10,13-15,27H,6,11-12,16H2,1-5H3,(H,25,26,28). The zero-order chi connectivity index (χ0) is 23.1. The Morgan fingerprint density at radius 3 is 2.62 bits per heavy atom. The van der Waals surface area contributed by atoms with Crippen LogP contribution >= 0.6 is 0 Å². The molecule has 0 radical (unpaired) electrons. The number of aromatic nitrogens is 2. The molecule has 1 aromatic heterocycles. The first-order valence-electron chi connectivity index (χ1n) is 10.7. The van der Waals surface area contributed by atoms with Crippen LogP contribution in [0.4, 0.5) is 11.6 Å². The van der Waals surface area contributed by atoms with Gasteiger partial charge in [0.2, 0.25) is 11.9 Å². The minimum absolute atomic E-state index is 0.0651. The molecule has 3 rings (SSSR count). The van der Waals surface area contributed by atoms with E-state index < -0.39 is 0 Å². The third kappa shape index (κ3) is 5.64. The Hall–Kier alpha value is -3.39. The number of amides is 1. The number of fused-ring (bicyclic) bond motifs is 1. The Bertz CT molecular complexity index is 1070. The minimum Gasteiger partial charge on any atom is -0.497 e. The molecule has 0 atom stereocenters. The van der Waals surface area contributed by atoms with Crippen LogP contribution in [0.25, 0.3) is 22.0 Å². The predicted octanol–water partition coefficient (Wildman–Crippen LogP) is 3.17. The fraction of sp³-hybridized carbons (Fsp3) is 0.375. The fourth-order valence-corrected chi connectivity index (χ4v) is 3.46. The van der Waals surface area contributed by atoms with E-state index in [4.69, 9.17) is 4.74 Å². The lowest BCUT2D eigenvalue weighted by atomic mass is 10.0. The Morgan fingerprint density at radius 1 is 1.12 bits per heavy atom. The summed E-state index contributed by atoms with van der Waals surface area (Å²) < 4.78 is 5.42. The van der Waals surface area contributed by atoms with Crippen molar-refractivity contribution in [1.82, 2.24) is 19.8 Å². The number of likely N-dealkylation sites (N-methyl/N-ethyl adjacent to an activating group) is 2. The van der Waals surface area contributed by atoms with Gasteiger partial charge in [0.05, 0.1) is 19.3 Å². The summed E-state index contributed by atoms with van der Waals surface area (Å²) in [5, 5.41) is 8.35. The second kappa shape index (κ2) is 10.8. The third-order valence-corrected chi connectivity index (χ3v) is 5.32. The number of methoxy groups -OCH3 is 1. The minimum atomic E-state index is 0.0651. The van der Waals surface area contributed by atoms with E-state index in [9.17, 15) is 4.79 Å². The lowest BCUT2D eigenvalue weighted by Crippen LogP contribution is -2.39. The van der Waals surface area contributed by atoms with E-state index in [-0.39, 0.29) is 12.5 Å². The molecule has 0 unspecified atom stereocenters. The van der Waals surface area contributed by atoms with Crippen molar-refractivity contribution in [3.8, 4) is 17.0 Å². The first kappa shape index (κ1) is 23.3. The molecule has 0 saturated carbocycles. The maximum atomic E-state index is 12.8. The van der Waals surface area contributed by atoms with E-state index in [1.165, 1.54) is 0 Å². The number of carbonyl (C=O) groups excluding carboxylic acids is 1. The number of anilines is 2. The molecule has 1 heterocycles. The zero-order valence-electron chi connectivity index (χ0n) is 19.5. The van der Waals surface area contributed by atoms with Gasteiger partial charge in [-0.05, 0) is 56.7 Å². The summed E-state index contributed by atoms with van der Waals surface area (Å²) in [7, 11) is 7.46. The van der Waals surface area contributed by atoms with Crippen molar-refractivity contribution in [2.75, 3.05) is 65.1 Å². The van der Waals surface area contributed by atoms with Gasteiger partial charge in [0.15, 0.2) is 0 Å². The van der Waals surface area contributed by atoms with Gasteiger partial charge in [0, 0.05) is 49.5 Å². The van der Waals surface area contributed by atoms with Crippen LogP contribution in [0, 0.1) is 0 Å². The van der Waals surface area contributed by atoms with Crippen LogP contribution in [0.1, 0.15) is 6.92 Å². The van der Waals surface area contributed by atoms with Crippen molar-refractivity contribution in [1.29, 1.82) is 0 Å². The Balaban J connectivity index is 1.93. The molecule has 32 heavy (non-hydrogen) atoms. The molecule has 2 aromatic carbocycles. The first-order chi connectivity index (χ1) is 15.4. The molecule has 3 aromatic rings. The summed E-state index contributed by atoms with van der Waals surface area (Å²) in [6, 6.07) is 11.9. The molecule has 8 nitrogen and oxygen atoms in total. The normalized spacial score (nSPS) is 10.9. The molecular formula is C24H32N6O2. The number of nitrogens with zero attached hydrogens (tertiary/aromatic N) is 4. The fourth-order valence-electron chi connectivity index (χ4n) is 3.46. The van der Waals surface area contributed by atoms with Crippen LogP contribution in [0.15, 0.2) is 42.6 Å². The summed E-state index contributed by atoms with van der Waals surface area (Å²) in [6.07, 6.45) is 1.73. The monoisotopic (exact) mass is 436 g/mol. The smallest absolute Gasteiger partial charge is 0.241 e. The van der Waals surface area contributed by atoms with Gasteiger partial charge in [-0.2, -0.15) is 0 Å². The maximum Gasteiger partial charge on any atom is 0.241 e. The molecule has 1 amide bonds. The quantitative estimate of drug-likeness (QED) is 0.505. The van der Waals surface area contributed by atoms with Crippen LogP contribution in [-0.2, 0) is 4.79 Å². The second-order valence-corrected chi connectivity index (χ2v) is 7.76. The van der Waals surface area contributed by atoms with Crippen LogP contribution < -0.4 is 15.4 Å². The number of nitrogens with one attached hydrogen (secondary N) is 2. The molecule has 0 bridgehead atoms. The summed E-state index contributed by atoms with van der Waals surface area (Å²) in [5.41, 5.74) is 2.60. The van der Waals surface area contributed by atoms with Crippen molar-refractivity contribution >= 4 is 28.3 Å². The Morgan fingerprint density at radius 2 is 1.94 bits per heavy atom. The van der Waals surface area contributed by atoms with E-state index in [2.05, 4.69) is 31.6 Å². The van der Waals surface area contributed by atoms with Crippen LogP contribution in [0.2, 0.25) is 0 Å². The number of hydrogen-bond acceptors (Lipinski definition) is 7. The Kier molecular flexibility index (Phi) is 7.83. The van der Waals surface area contributed by atoms with Crippen LogP contribution in [0.5, 0.6) is 5.75 Å². The molecular weight excluding hydrogens is 404 g/mol. The van der Waals surface area contributed by atoms with Gasteiger partial charge in [0.25, 0.3) is 0 Å². The van der Waals surface area contributed by atoms with Gasteiger partial charge in [-0.15, -0.1) is 0 Å². The summed E-state index contributed by atoms with van der Waals surface area (Å²) in [5.74, 6) is 1.39. The molecule has 0 aliphatic rings. The molecule has 0 aliphatic heterocycles. The summed E-state index contributed by atoms with van der Waals surface area (Å²) in [4.78, 5) is 25.6. The second-order valence-electron chi connectivity index (χ2n) is 7.76. The number of hydrogen-bond donors (Lipinski definition) is 2. The van der Waals surface area contributed by atoms with Gasteiger partial charge in [-0.25, -0.2) is 9.97 Å². The lowest BCUT2D eigenvalue weighted by Gasteiger charge is -2.23. The Labute approximate surface area is 189 Å². The third-order valence-electron chi connectivity index (χ3n) is 5.32. The highest BCUT2D eigenvalue weighted by Gasteiger charge is 2.14. The first-order valence-corrected chi connectivity index (χ1v) is 10.7. The molecule has 0 aliphatic carbocycles. The topological polar surface area (TPSA) is 82.6 Å². The van der Waals surface area contributed by atoms with Gasteiger partial charge in [-0.3, -0.25) is 4.79 Å². The highest BCUT2D eigenvalue weighted by atomic mass is 16.5. The van der Waals surface area contributed by atoms with E-state index in [0.717, 1.165) is 40.0 Å². The largest absolute Gasteiger partial charge is 0.497 e. The van der Waals surface area contributed by atoms with Crippen molar-refractivity contribution in [3.05, 3.63) is 42.6 Å². The zero-order valence-corrected chi connectivity index (χ0v) is 19.5. The van der Waals surface area contributed by atoms with E-state index >= 15 is 0 Å². The lowest BCUT2D eigenvalue weighted by molar-refractivity contribution is -0.129. The molecule has 8 heteroatoms. The average Bonchev–Trinajstić information content (AvgIpc) is 2.82. The van der Waals surface area contributed by atoms with E-state index in [1.54, 1.807) is 20.4 Å². The van der Waals surface area contributed by atoms with E-state index in [0.29, 0.717) is 19.0 Å². The van der Waals surface area contributed by atoms with Crippen LogP contribution in [0.3, 0.4) is 0 Å². The van der Waals surface area contributed by atoms with Crippen molar-refractivity contribution in [2.24, 2.45) is 0 Å². The summed E-state index contributed by atoms with van der Waals surface area (Å²) in [6.45, 7) is 4.42. The number of benzene rings is 2. The molecule has 0 fully saturated rings. The molecule has 2 N–H and O–H groups in total. The van der Waals surface area contributed by atoms with Gasteiger partial charge < -0.3 is 25.2 Å². The SMILES string of the molecule is CCN(CCN(C)C)C(=O)CNc1cc(-c2ccnc(NC)n2)cc2ccc(OC)cc12. The van der Waals surface area contributed by atoms with Crippen molar-refractivity contribution < 1.29 is 9.53 Å². The van der Waals surface area contributed by atoms with Crippen molar-refractivity contribution in [2.45, 2.75) is 6.92 Å². The highest BCUT2D eigenvalue weighted by molar-refractivity contribution is 5.99. The molecule has 0 saturated heterocycles. The maximum absolute atomic E-state index is 12.8. The average molecular weight is 437 g/mol. The molecule has 0 spiro atoms.